The second kappa shape index (κ2) is 7.12. The van der Waals surface area contributed by atoms with Crippen molar-refractivity contribution in [2.24, 2.45) is 0 Å². The Morgan fingerprint density at radius 1 is 1.12 bits per heavy atom. The highest BCUT2D eigenvalue weighted by atomic mass is 35.5. The Hall–Kier alpha value is -1.95. The zero-order valence-electron chi connectivity index (χ0n) is 14.5. The van der Waals surface area contributed by atoms with Gasteiger partial charge in [0.2, 0.25) is 0 Å². The summed E-state index contributed by atoms with van der Waals surface area (Å²) in [5.41, 5.74) is 3.34. The van der Waals surface area contributed by atoms with Gasteiger partial charge in [0, 0.05) is 42.8 Å². The van der Waals surface area contributed by atoms with Crippen LogP contribution >= 0.6 is 11.6 Å². The number of H-pyrrole nitrogens is 1. The maximum atomic E-state index is 5.96. The average Bonchev–Trinajstić information content (AvgIpc) is 3.00. The topological polar surface area (TPSA) is 39.0 Å². The van der Waals surface area contributed by atoms with E-state index in [1.165, 1.54) is 5.56 Å². The van der Waals surface area contributed by atoms with Crippen molar-refractivity contribution in [3.63, 3.8) is 0 Å². The van der Waals surface area contributed by atoms with Crippen LogP contribution in [-0.4, -0.2) is 53.0 Å². The molecule has 0 saturated carbocycles. The molecule has 4 rings (SSSR count). The molecule has 1 N–H and O–H groups in total. The summed E-state index contributed by atoms with van der Waals surface area (Å²) in [6, 6.07) is 10.1. The molecule has 1 saturated heterocycles. The zero-order chi connectivity index (χ0) is 17.2. The maximum Gasteiger partial charge on any atom is 0.195 e. The molecule has 0 spiro atoms. The van der Waals surface area contributed by atoms with Gasteiger partial charge in [0.1, 0.15) is 16.9 Å². The fourth-order valence-electron chi connectivity index (χ4n) is 3.25. The Morgan fingerprint density at radius 2 is 1.88 bits per heavy atom. The van der Waals surface area contributed by atoms with E-state index in [1.807, 2.05) is 12.1 Å². The van der Waals surface area contributed by atoms with Crippen molar-refractivity contribution in [3.05, 3.63) is 59.1 Å². The summed E-state index contributed by atoms with van der Waals surface area (Å²) in [5.74, 6) is 1.05. The molecule has 0 atom stereocenters. The smallest absolute Gasteiger partial charge is 0.195 e. The van der Waals surface area contributed by atoms with Crippen LogP contribution < -0.4 is 4.57 Å². The number of fused-ring (bicyclic) bond motifs is 1. The molecule has 0 amide bonds. The molecule has 6 heteroatoms. The van der Waals surface area contributed by atoms with E-state index in [4.69, 9.17) is 16.6 Å². The molecule has 1 aliphatic heterocycles. The summed E-state index contributed by atoms with van der Waals surface area (Å²) in [7, 11) is 2.18. The third-order valence-electron chi connectivity index (χ3n) is 4.78. The lowest BCUT2D eigenvalue weighted by molar-refractivity contribution is -0.687. The van der Waals surface area contributed by atoms with Gasteiger partial charge in [-0.05, 0) is 19.2 Å². The molecule has 5 nitrogen and oxygen atoms in total. The van der Waals surface area contributed by atoms with Crippen LogP contribution in [0.5, 0.6) is 0 Å². The average molecular weight is 357 g/mol. The van der Waals surface area contributed by atoms with Gasteiger partial charge < -0.3 is 9.88 Å². The molecule has 0 radical (unpaired) electrons. The molecule has 3 heterocycles. The molecule has 2 aromatic heterocycles. The monoisotopic (exact) mass is 356 g/mol. The van der Waals surface area contributed by atoms with Gasteiger partial charge in [-0.1, -0.05) is 23.7 Å². The summed E-state index contributed by atoms with van der Waals surface area (Å²) in [4.78, 5) is 13.1. The summed E-state index contributed by atoms with van der Waals surface area (Å²) >= 11 is 5.96. The molecule has 1 aliphatic rings. The Bertz CT molecular complexity index is 850. The van der Waals surface area contributed by atoms with Gasteiger partial charge in [-0.2, -0.15) is 4.57 Å². The number of hydrogen-bond donors (Lipinski definition) is 1. The molecule has 1 aromatic carbocycles. The van der Waals surface area contributed by atoms with Gasteiger partial charge in [0.15, 0.2) is 18.9 Å². The van der Waals surface area contributed by atoms with Gasteiger partial charge in [-0.25, -0.2) is 4.98 Å². The molecule has 0 bridgehead atoms. The first-order valence-corrected chi connectivity index (χ1v) is 9.06. The van der Waals surface area contributed by atoms with Crippen LogP contribution in [0.25, 0.3) is 11.0 Å². The number of aromatic amines is 1. The highest BCUT2D eigenvalue weighted by molar-refractivity contribution is 6.30. The van der Waals surface area contributed by atoms with E-state index < -0.39 is 0 Å². The van der Waals surface area contributed by atoms with Crippen LogP contribution in [0.2, 0.25) is 5.02 Å². The van der Waals surface area contributed by atoms with E-state index in [0.29, 0.717) is 0 Å². The number of benzene rings is 1. The number of likely N-dealkylation sites (N-methyl/N-ethyl adjacent to an activating group) is 1. The second-order valence-electron chi connectivity index (χ2n) is 6.81. The number of halogens is 1. The summed E-state index contributed by atoms with van der Waals surface area (Å²) < 4.78 is 2.17. The molecule has 0 unspecified atom stereocenters. The Morgan fingerprint density at radius 3 is 2.64 bits per heavy atom. The second-order valence-corrected chi connectivity index (χ2v) is 7.24. The van der Waals surface area contributed by atoms with E-state index in [-0.39, 0.29) is 0 Å². The van der Waals surface area contributed by atoms with Gasteiger partial charge in [0.05, 0.1) is 6.54 Å². The lowest BCUT2D eigenvalue weighted by Crippen LogP contribution is -2.44. The van der Waals surface area contributed by atoms with Crippen molar-refractivity contribution in [2.75, 3.05) is 33.2 Å². The zero-order valence-corrected chi connectivity index (χ0v) is 15.2. The summed E-state index contributed by atoms with van der Waals surface area (Å²) in [6.45, 7) is 6.16. The minimum absolute atomic E-state index is 0.770. The molecule has 1 fully saturated rings. The predicted octanol–water partition coefficient (Wildman–Crippen LogP) is 2.30. The summed E-state index contributed by atoms with van der Waals surface area (Å²) in [5, 5.41) is 0.770. The quantitative estimate of drug-likeness (QED) is 0.729. The van der Waals surface area contributed by atoms with Crippen LogP contribution in [-0.2, 0) is 13.1 Å². The van der Waals surface area contributed by atoms with Crippen LogP contribution in [0.1, 0.15) is 11.4 Å². The molecule has 25 heavy (non-hydrogen) atoms. The lowest BCUT2D eigenvalue weighted by Gasteiger charge is -2.31. The first-order chi connectivity index (χ1) is 12.2. The van der Waals surface area contributed by atoms with Gasteiger partial charge in [-0.15, -0.1) is 0 Å². The van der Waals surface area contributed by atoms with E-state index in [0.717, 1.165) is 61.1 Å². The molecule has 0 aliphatic carbocycles. The standard InChI is InChI=1S/C19H22ClN5/c1-23-8-10-24(11-9-23)14-19-21-17-6-7-25(13-18(17)22-19)12-15-2-4-16(20)5-3-15/h2-7,13H,8-12,14H2,1H3/p+1. The normalized spacial score (nSPS) is 16.6. The number of imidazole rings is 1. The van der Waals surface area contributed by atoms with Crippen molar-refractivity contribution in [1.82, 2.24) is 19.8 Å². The Balaban J connectivity index is 1.48. The van der Waals surface area contributed by atoms with Crippen molar-refractivity contribution in [3.8, 4) is 0 Å². The van der Waals surface area contributed by atoms with E-state index >= 15 is 0 Å². The number of pyridine rings is 1. The molecular formula is C19H23ClN5+. The van der Waals surface area contributed by atoms with Crippen molar-refractivity contribution in [2.45, 2.75) is 13.1 Å². The minimum Gasteiger partial charge on any atom is -0.336 e. The van der Waals surface area contributed by atoms with Gasteiger partial charge >= 0.3 is 0 Å². The van der Waals surface area contributed by atoms with E-state index in [2.05, 4.69) is 57.0 Å². The first-order valence-electron chi connectivity index (χ1n) is 8.69. The number of piperazine rings is 1. The van der Waals surface area contributed by atoms with Gasteiger partial charge in [0.25, 0.3) is 0 Å². The third kappa shape index (κ3) is 4.00. The van der Waals surface area contributed by atoms with E-state index in [1.54, 1.807) is 0 Å². The van der Waals surface area contributed by atoms with Crippen LogP contribution in [0.15, 0.2) is 42.7 Å². The van der Waals surface area contributed by atoms with Crippen LogP contribution in [0, 0.1) is 0 Å². The van der Waals surface area contributed by atoms with Crippen LogP contribution in [0.4, 0.5) is 0 Å². The summed E-state index contributed by atoms with van der Waals surface area (Å²) in [6.07, 6.45) is 4.21. The fraction of sp³-hybridized carbons (Fsp3) is 0.368. The highest BCUT2D eigenvalue weighted by Gasteiger charge is 2.16. The molecular weight excluding hydrogens is 334 g/mol. The largest absolute Gasteiger partial charge is 0.336 e. The fourth-order valence-corrected chi connectivity index (χ4v) is 3.37. The molecule has 3 aromatic rings. The number of nitrogens with one attached hydrogen (secondary N) is 1. The van der Waals surface area contributed by atoms with Crippen molar-refractivity contribution >= 4 is 22.6 Å². The number of nitrogens with zero attached hydrogens (tertiary/aromatic N) is 4. The van der Waals surface area contributed by atoms with Crippen LogP contribution in [0.3, 0.4) is 0 Å². The molecule has 130 valence electrons. The first kappa shape index (κ1) is 16.5. The van der Waals surface area contributed by atoms with E-state index in [9.17, 15) is 0 Å². The lowest BCUT2D eigenvalue weighted by atomic mass is 10.2. The Labute approximate surface area is 152 Å². The SMILES string of the molecule is CN1CCN(Cc2nc3cc[n+](Cc4ccc(Cl)cc4)cc3[nH]2)CC1. The van der Waals surface area contributed by atoms with Crippen molar-refractivity contribution < 1.29 is 4.57 Å². The Kier molecular flexibility index (Phi) is 4.70. The third-order valence-corrected chi connectivity index (χ3v) is 5.03. The van der Waals surface area contributed by atoms with Crippen molar-refractivity contribution in [1.29, 1.82) is 0 Å². The van der Waals surface area contributed by atoms with Gasteiger partial charge in [-0.3, -0.25) is 4.90 Å². The number of rotatable bonds is 4. The number of hydrogen-bond acceptors (Lipinski definition) is 3. The number of aromatic nitrogens is 3. The highest BCUT2D eigenvalue weighted by Crippen LogP contribution is 2.12. The maximum absolute atomic E-state index is 5.96. The minimum atomic E-state index is 0.770. The predicted molar refractivity (Wildman–Crippen MR) is 99.6 cm³/mol.